The van der Waals surface area contributed by atoms with Crippen LogP contribution in [0, 0.1) is 0 Å². The van der Waals surface area contributed by atoms with Crippen molar-refractivity contribution in [3.63, 3.8) is 0 Å². The second-order valence-electron chi connectivity index (χ2n) is 4.51. The minimum absolute atomic E-state index is 0.0866. The highest BCUT2D eigenvalue weighted by atomic mass is 32.2. The first-order valence-corrected chi connectivity index (χ1v) is 8.68. The highest BCUT2D eigenvalue weighted by molar-refractivity contribution is 8.07. The molecule has 0 saturated carbocycles. The van der Waals surface area contributed by atoms with Gasteiger partial charge in [0.15, 0.2) is 17.3 Å². The fraction of sp³-hybridized carbons (Fsp3) is 0.500. The minimum Gasteiger partial charge on any atom is -0.490 e. The van der Waals surface area contributed by atoms with Crippen LogP contribution in [-0.4, -0.2) is 41.5 Å². The molecule has 1 unspecified atom stereocenters. The van der Waals surface area contributed by atoms with Gasteiger partial charge in [0.1, 0.15) is 0 Å². The number of hydrogen-bond donors (Lipinski definition) is 0. The maximum absolute atomic E-state index is 12.4. The first-order valence-electron chi connectivity index (χ1n) is 6.48. The zero-order chi connectivity index (χ0) is 13.1. The third-order valence-corrected chi connectivity index (χ3v) is 5.89. The van der Waals surface area contributed by atoms with Gasteiger partial charge in [-0.3, -0.25) is 4.79 Å². The molecule has 2 heterocycles. The fourth-order valence-electron chi connectivity index (χ4n) is 2.14. The topological polar surface area (TPSA) is 35.5 Å². The molecule has 0 aliphatic carbocycles. The van der Waals surface area contributed by atoms with Gasteiger partial charge < -0.3 is 9.47 Å². The predicted octanol–water partition coefficient (Wildman–Crippen LogP) is 2.88. The van der Waals surface area contributed by atoms with Crippen molar-refractivity contribution in [1.82, 2.24) is 0 Å². The number of carbonyl (C=O) groups excluding carboxylic acids is 1. The van der Waals surface area contributed by atoms with Crippen molar-refractivity contribution in [3.8, 4) is 11.5 Å². The standard InChI is InChI=1S/C14H16O3S2/c15-14(13-9-18-6-7-19-13)10-2-3-11-12(8-10)17-5-1-4-16-11/h2-3,8,13H,1,4-7,9H2. The summed E-state index contributed by atoms with van der Waals surface area (Å²) in [6.45, 7) is 1.33. The van der Waals surface area contributed by atoms with E-state index in [9.17, 15) is 4.79 Å². The number of thioether (sulfide) groups is 2. The Morgan fingerprint density at radius 1 is 1.16 bits per heavy atom. The van der Waals surface area contributed by atoms with Crippen LogP contribution >= 0.6 is 23.5 Å². The van der Waals surface area contributed by atoms with Crippen molar-refractivity contribution in [2.75, 3.05) is 30.5 Å². The molecule has 0 N–H and O–H groups in total. The van der Waals surface area contributed by atoms with Crippen LogP contribution in [0.15, 0.2) is 18.2 Å². The molecule has 102 valence electrons. The molecule has 0 aromatic heterocycles. The van der Waals surface area contributed by atoms with Gasteiger partial charge in [0.05, 0.1) is 18.5 Å². The van der Waals surface area contributed by atoms with E-state index in [4.69, 9.17) is 9.47 Å². The van der Waals surface area contributed by atoms with Crippen LogP contribution in [0.1, 0.15) is 16.8 Å². The van der Waals surface area contributed by atoms with E-state index in [0.717, 1.165) is 35.0 Å². The molecular weight excluding hydrogens is 280 g/mol. The summed E-state index contributed by atoms with van der Waals surface area (Å²) in [6, 6.07) is 5.55. The average molecular weight is 296 g/mol. The second-order valence-corrected chi connectivity index (χ2v) is 6.97. The van der Waals surface area contributed by atoms with Crippen LogP contribution in [0.5, 0.6) is 11.5 Å². The van der Waals surface area contributed by atoms with E-state index in [1.54, 1.807) is 11.8 Å². The van der Waals surface area contributed by atoms with Crippen molar-refractivity contribution >= 4 is 29.3 Å². The van der Waals surface area contributed by atoms with Crippen LogP contribution in [0.4, 0.5) is 0 Å². The molecule has 0 radical (unpaired) electrons. The molecule has 1 aromatic carbocycles. The molecule has 1 aromatic rings. The maximum atomic E-state index is 12.4. The first kappa shape index (κ1) is 13.2. The lowest BCUT2D eigenvalue weighted by atomic mass is 10.1. The largest absolute Gasteiger partial charge is 0.490 e. The lowest BCUT2D eigenvalue weighted by molar-refractivity contribution is 0.0994. The maximum Gasteiger partial charge on any atom is 0.176 e. The molecule has 3 rings (SSSR count). The Morgan fingerprint density at radius 2 is 2.00 bits per heavy atom. The van der Waals surface area contributed by atoms with Gasteiger partial charge >= 0.3 is 0 Å². The molecule has 1 fully saturated rings. The molecule has 3 nitrogen and oxygen atoms in total. The molecule has 2 aliphatic rings. The summed E-state index contributed by atoms with van der Waals surface area (Å²) < 4.78 is 11.2. The normalized spacial score (nSPS) is 22.6. The molecule has 1 atom stereocenters. The number of Topliss-reactive ketones (excluding diaryl/α,β-unsaturated/α-hetero) is 1. The van der Waals surface area contributed by atoms with Gasteiger partial charge in [-0.1, -0.05) is 0 Å². The summed E-state index contributed by atoms with van der Waals surface area (Å²) in [5.41, 5.74) is 0.740. The van der Waals surface area contributed by atoms with Crippen molar-refractivity contribution < 1.29 is 14.3 Å². The molecule has 1 saturated heterocycles. The monoisotopic (exact) mass is 296 g/mol. The molecule has 0 amide bonds. The average Bonchev–Trinajstić information content (AvgIpc) is 2.72. The van der Waals surface area contributed by atoms with Gasteiger partial charge in [-0.2, -0.15) is 11.8 Å². The number of ether oxygens (including phenoxy) is 2. The predicted molar refractivity (Wildman–Crippen MR) is 80.0 cm³/mol. The van der Waals surface area contributed by atoms with Gasteiger partial charge in [-0.05, 0) is 18.2 Å². The molecule has 5 heteroatoms. The molecule has 0 bridgehead atoms. The van der Waals surface area contributed by atoms with Gasteiger partial charge in [0.25, 0.3) is 0 Å². The SMILES string of the molecule is O=C(c1ccc2c(c1)OCCCO2)C1CSCCS1. The fourth-order valence-corrected chi connectivity index (χ4v) is 4.78. The molecule has 19 heavy (non-hydrogen) atoms. The Bertz CT molecular complexity index is 470. The van der Waals surface area contributed by atoms with E-state index in [2.05, 4.69) is 0 Å². The quantitative estimate of drug-likeness (QED) is 0.784. The number of benzene rings is 1. The third kappa shape index (κ3) is 3.03. The third-order valence-electron chi connectivity index (χ3n) is 3.14. The summed E-state index contributed by atoms with van der Waals surface area (Å²) in [6.07, 6.45) is 0.882. The number of hydrogen-bond acceptors (Lipinski definition) is 5. The van der Waals surface area contributed by atoms with Crippen LogP contribution < -0.4 is 9.47 Å². The number of fused-ring (bicyclic) bond motifs is 1. The van der Waals surface area contributed by atoms with Crippen molar-refractivity contribution in [2.24, 2.45) is 0 Å². The highest BCUT2D eigenvalue weighted by Crippen LogP contribution is 2.33. The van der Waals surface area contributed by atoms with Gasteiger partial charge in [0.2, 0.25) is 0 Å². The van der Waals surface area contributed by atoms with E-state index in [1.807, 2.05) is 30.0 Å². The zero-order valence-corrected chi connectivity index (χ0v) is 12.2. The van der Waals surface area contributed by atoms with E-state index in [1.165, 1.54) is 0 Å². The summed E-state index contributed by atoms with van der Waals surface area (Å²) in [4.78, 5) is 12.4. The van der Waals surface area contributed by atoms with E-state index >= 15 is 0 Å². The number of carbonyl (C=O) groups is 1. The van der Waals surface area contributed by atoms with Crippen LogP contribution in [0.2, 0.25) is 0 Å². The lowest BCUT2D eigenvalue weighted by Crippen LogP contribution is -2.24. The van der Waals surface area contributed by atoms with E-state index in [-0.39, 0.29) is 11.0 Å². The second kappa shape index (κ2) is 6.09. The Hall–Kier alpha value is -0.810. The Morgan fingerprint density at radius 3 is 2.79 bits per heavy atom. The Balaban J connectivity index is 1.80. The lowest BCUT2D eigenvalue weighted by Gasteiger charge is -2.20. The van der Waals surface area contributed by atoms with Crippen LogP contribution in [0.3, 0.4) is 0 Å². The van der Waals surface area contributed by atoms with Gasteiger partial charge in [0, 0.05) is 29.2 Å². The first-order chi connectivity index (χ1) is 9.34. The van der Waals surface area contributed by atoms with Gasteiger partial charge in [-0.15, -0.1) is 11.8 Å². The van der Waals surface area contributed by atoms with Crippen molar-refractivity contribution in [1.29, 1.82) is 0 Å². The minimum atomic E-state index is 0.0866. The van der Waals surface area contributed by atoms with Crippen LogP contribution in [-0.2, 0) is 0 Å². The van der Waals surface area contributed by atoms with E-state index < -0.39 is 0 Å². The van der Waals surface area contributed by atoms with Crippen LogP contribution in [0.25, 0.3) is 0 Å². The molecular formula is C14H16O3S2. The molecule has 0 spiro atoms. The summed E-state index contributed by atoms with van der Waals surface area (Å²) in [5.74, 6) is 4.79. The zero-order valence-electron chi connectivity index (χ0n) is 10.6. The number of ketones is 1. The summed E-state index contributed by atoms with van der Waals surface area (Å²) in [5, 5.41) is 0.0866. The Kier molecular flexibility index (Phi) is 4.23. The van der Waals surface area contributed by atoms with Crippen molar-refractivity contribution in [3.05, 3.63) is 23.8 Å². The number of rotatable bonds is 2. The summed E-state index contributed by atoms with van der Waals surface area (Å²) >= 11 is 3.63. The smallest absolute Gasteiger partial charge is 0.176 e. The molecule has 2 aliphatic heterocycles. The summed E-state index contributed by atoms with van der Waals surface area (Å²) in [7, 11) is 0. The highest BCUT2D eigenvalue weighted by Gasteiger charge is 2.24. The van der Waals surface area contributed by atoms with Crippen molar-refractivity contribution in [2.45, 2.75) is 11.7 Å². The van der Waals surface area contributed by atoms with E-state index in [0.29, 0.717) is 19.0 Å². The Labute approximate surface area is 121 Å². The van der Waals surface area contributed by atoms with Gasteiger partial charge in [-0.25, -0.2) is 0 Å².